The van der Waals surface area contributed by atoms with Gasteiger partial charge in [0.15, 0.2) is 0 Å². The van der Waals surface area contributed by atoms with Crippen LogP contribution in [-0.2, 0) is 9.59 Å². The number of phenolic OH excluding ortho intramolecular Hbond substituents is 1. The molecule has 1 aromatic carbocycles. The molecule has 1 unspecified atom stereocenters. The van der Waals surface area contributed by atoms with Gasteiger partial charge in [-0.1, -0.05) is 6.07 Å². The Morgan fingerprint density at radius 2 is 2.10 bits per heavy atom. The Kier molecular flexibility index (Phi) is 3.74. The average Bonchev–Trinajstić information content (AvgIpc) is 2.39. The number of amides is 3. The molecule has 3 amide bonds. The third kappa shape index (κ3) is 2.64. The molecule has 1 heterocycles. The van der Waals surface area contributed by atoms with Crippen LogP contribution in [0.2, 0.25) is 0 Å². The van der Waals surface area contributed by atoms with Gasteiger partial charge in [-0.25, -0.2) is 0 Å². The molecule has 1 fully saturated rings. The number of nitrogens with one attached hydrogen (secondary N) is 1. The van der Waals surface area contributed by atoms with E-state index in [2.05, 4.69) is 5.32 Å². The maximum Gasteiger partial charge on any atom is 0.255 e. The summed E-state index contributed by atoms with van der Waals surface area (Å²) < 4.78 is 0. The Labute approximate surface area is 116 Å². The molecule has 0 bridgehead atoms. The van der Waals surface area contributed by atoms with Crippen molar-refractivity contribution >= 4 is 17.7 Å². The third-order valence-corrected chi connectivity index (χ3v) is 3.35. The molecule has 0 aliphatic carbocycles. The number of likely N-dealkylation sites (N-methyl/N-ethyl adjacent to an activating group) is 1. The smallest absolute Gasteiger partial charge is 0.255 e. The third-order valence-electron chi connectivity index (χ3n) is 3.35. The zero-order valence-corrected chi connectivity index (χ0v) is 11.3. The molecule has 2 rings (SSSR count). The van der Waals surface area contributed by atoms with E-state index in [4.69, 9.17) is 0 Å². The SMILES string of the molecule is Cc1ccc(C(=O)NC2CCC(=O)N(C)C2=O)c(O)c1. The molecule has 0 radical (unpaired) electrons. The van der Waals surface area contributed by atoms with E-state index in [-0.39, 0.29) is 30.1 Å². The number of rotatable bonds is 2. The van der Waals surface area contributed by atoms with Gasteiger partial charge in [0.05, 0.1) is 5.56 Å². The van der Waals surface area contributed by atoms with Crippen molar-refractivity contribution in [2.75, 3.05) is 7.05 Å². The molecule has 1 aromatic rings. The van der Waals surface area contributed by atoms with Gasteiger partial charge in [0.1, 0.15) is 11.8 Å². The Balaban J connectivity index is 2.12. The van der Waals surface area contributed by atoms with Gasteiger partial charge in [0, 0.05) is 13.5 Å². The van der Waals surface area contributed by atoms with Crippen LogP contribution in [0.15, 0.2) is 18.2 Å². The fourth-order valence-corrected chi connectivity index (χ4v) is 2.12. The topological polar surface area (TPSA) is 86.7 Å². The van der Waals surface area contributed by atoms with Crippen molar-refractivity contribution in [2.24, 2.45) is 0 Å². The highest BCUT2D eigenvalue weighted by Gasteiger charge is 2.33. The number of carbonyl (C=O) groups excluding carboxylic acids is 3. The van der Waals surface area contributed by atoms with Gasteiger partial charge in [-0.2, -0.15) is 0 Å². The predicted molar refractivity (Wildman–Crippen MR) is 71.1 cm³/mol. The zero-order chi connectivity index (χ0) is 14.9. The van der Waals surface area contributed by atoms with E-state index in [0.717, 1.165) is 10.5 Å². The first-order chi connectivity index (χ1) is 9.40. The number of phenols is 1. The molecule has 0 aromatic heterocycles. The van der Waals surface area contributed by atoms with Gasteiger partial charge in [0.2, 0.25) is 5.91 Å². The fourth-order valence-electron chi connectivity index (χ4n) is 2.12. The maximum absolute atomic E-state index is 12.1. The average molecular weight is 276 g/mol. The minimum absolute atomic E-state index is 0.114. The van der Waals surface area contributed by atoms with E-state index in [0.29, 0.717) is 0 Å². The first kappa shape index (κ1) is 14.0. The molecule has 1 aliphatic heterocycles. The van der Waals surface area contributed by atoms with Crippen LogP contribution >= 0.6 is 0 Å². The van der Waals surface area contributed by atoms with E-state index < -0.39 is 17.9 Å². The minimum atomic E-state index is -0.731. The van der Waals surface area contributed by atoms with Crippen molar-refractivity contribution in [3.63, 3.8) is 0 Å². The Morgan fingerprint density at radius 3 is 2.75 bits per heavy atom. The number of piperidine rings is 1. The summed E-state index contributed by atoms with van der Waals surface area (Å²) in [5.74, 6) is -1.33. The van der Waals surface area contributed by atoms with Crippen molar-refractivity contribution < 1.29 is 19.5 Å². The van der Waals surface area contributed by atoms with Gasteiger partial charge < -0.3 is 10.4 Å². The van der Waals surface area contributed by atoms with Crippen LogP contribution in [-0.4, -0.2) is 40.8 Å². The van der Waals surface area contributed by atoms with E-state index >= 15 is 0 Å². The highest BCUT2D eigenvalue weighted by atomic mass is 16.3. The van der Waals surface area contributed by atoms with Gasteiger partial charge in [0.25, 0.3) is 11.8 Å². The molecule has 2 N–H and O–H groups in total. The van der Waals surface area contributed by atoms with E-state index in [1.165, 1.54) is 19.2 Å². The van der Waals surface area contributed by atoms with Crippen LogP contribution < -0.4 is 5.32 Å². The fraction of sp³-hybridized carbons (Fsp3) is 0.357. The molecule has 6 heteroatoms. The molecule has 1 aliphatic rings. The highest BCUT2D eigenvalue weighted by molar-refractivity contribution is 6.04. The van der Waals surface area contributed by atoms with Crippen molar-refractivity contribution in [1.82, 2.24) is 10.2 Å². The lowest BCUT2D eigenvalue weighted by Crippen LogP contribution is -2.52. The van der Waals surface area contributed by atoms with Gasteiger partial charge in [-0.05, 0) is 31.0 Å². The van der Waals surface area contributed by atoms with Crippen LogP contribution in [0.4, 0.5) is 0 Å². The van der Waals surface area contributed by atoms with Crippen molar-refractivity contribution in [2.45, 2.75) is 25.8 Å². The standard InChI is InChI=1S/C14H16N2O4/c1-8-3-4-9(11(17)7-8)13(19)15-10-5-6-12(18)16(2)14(10)20/h3-4,7,10,17H,5-6H2,1-2H3,(H,15,19). The zero-order valence-electron chi connectivity index (χ0n) is 11.3. The van der Waals surface area contributed by atoms with E-state index in [9.17, 15) is 19.5 Å². The van der Waals surface area contributed by atoms with Crippen LogP contribution in [0.1, 0.15) is 28.8 Å². The second-order valence-corrected chi connectivity index (χ2v) is 4.88. The van der Waals surface area contributed by atoms with Crippen molar-refractivity contribution in [1.29, 1.82) is 0 Å². The minimum Gasteiger partial charge on any atom is -0.507 e. The summed E-state index contributed by atoms with van der Waals surface area (Å²) in [5.41, 5.74) is 0.945. The number of benzene rings is 1. The second kappa shape index (κ2) is 5.32. The lowest BCUT2D eigenvalue weighted by Gasteiger charge is -2.28. The van der Waals surface area contributed by atoms with Gasteiger partial charge in [-0.3, -0.25) is 19.3 Å². The maximum atomic E-state index is 12.1. The number of nitrogens with zero attached hydrogens (tertiary/aromatic N) is 1. The summed E-state index contributed by atoms with van der Waals surface area (Å²) in [7, 11) is 1.40. The number of imide groups is 1. The summed E-state index contributed by atoms with van der Waals surface area (Å²) in [6.45, 7) is 1.80. The van der Waals surface area contributed by atoms with E-state index in [1.807, 2.05) is 0 Å². The number of hydrogen-bond acceptors (Lipinski definition) is 4. The molecule has 0 spiro atoms. The molecule has 6 nitrogen and oxygen atoms in total. The first-order valence-corrected chi connectivity index (χ1v) is 6.31. The number of aryl methyl sites for hydroxylation is 1. The van der Waals surface area contributed by atoms with Crippen LogP contribution in [0, 0.1) is 6.92 Å². The Bertz CT molecular complexity index is 583. The summed E-state index contributed by atoms with van der Waals surface area (Å²) in [6.07, 6.45) is 0.493. The second-order valence-electron chi connectivity index (χ2n) is 4.88. The molecule has 1 saturated heterocycles. The summed E-state index contributed by atoms with van der Waals surface area (Å²) in [6, 6.07) is 3.95. The number of hydrogen-bond donors (Lipinski definition) is 2. The molecule has 0 saturated carbocycles. The molecule has 20 heavy (non-hydrogen) atoms. The lowest BCUT2D eigenvalue weighted by atomic mass is 10.0. The predicted octanol–water partition coefficient (Wildman–Crippen LogP) is 0.578. The normalized spacial score (nSPS) is 19.1. The van der Waals surface area contributed by atoms with Gasteiger partial charge in [-0.15, -0.1) is 0 Å². The summed E-state index contributed by atoms with van der Waals surface area (Å²) in [5, 5.41) is 12.3. The van der Waals surface area contributed by atoms with Gasteiger partial charge >= 0.3 is 0 Å². The molecular formula is C14H16N2O4. The Morgan fingerprint density at radius 1 is 1.40 bits per heavy atom. The number of likely N-dealkylation sites (tertiary alicyclic amines) is 1. The molecular weight excluding hydrogens is 260 g/mol. The highest BCUT2D eigenvalue weighted by Crippen LogP contribution is 2.19. The monoisotopic (exact) mass is 276 g/mol. The quantitative estimate of drug-likeness (QED) is 0.773. The largest absolute Gasteiger partial charge is 0.507 e. The number of aromatic hydroxyl groups is 1. The summed E-state index contributed by atoms with van der Waals surface area (Å²) in [4.78, 5) is 36.3. The molecule has 106 valence electrons. The lowest BCUT2D eigenvalue weighted by molar-refractivity contribution is -0.147. The Hall–Kier alpha value is -2.37. The van der Waals surface area contributed by atoms with Crippen LogP contribution in [0.25, 0.3) is 0 Å². The van der Waals surface area contributed by atoms with Crippen LogP contribution in [0.3, 0.4) is 0 Å². The number of carbonyl (C=O) groups is 3. The van der Waals surface area contributed by atoms with Crippen molar-refractivity contribution in [3.8, 4) is 5.75 Å². The van der Waals surface area contributed by atoms with Crippen molar-refractivity contribution in [3.05, 3.63) is 29.3 Å². The van der Waals surface area contributed by atoms with Crippen LogP contribution in [0.5, 0.6) is 5.75 Å². The van der Waals surface area contributed by atoms with E-state index in [1.54, 1.807) is 13.0 Å². The first-order valence-electron chi connectivity index (χ1n) is 6.31. The molecule has 1 atom stereocenters. The summed E-state index contributed by atoms with van der Waals surface area (Å²) >= 11 is 0.